The molecule has 1 aliphatic rings. The molecule has 0 unspecified atom stereocenters. The topological polar surface area (TPSA) is 87.7 Å². The quantitative estimate of drug-likeness (QED) is 0.563. The smallest absolute Gasteiger partial charge is 0.314 e. The van der Waals surface area contributed by atoms with Crippen LogP contribution in [0.4, 0.5) is 4.79 Å². The number of unbranched alkanes of at least 4 members (excludes halogenated alkanes) is 2. The van der Waals surface area contributed by atoms with Crippen molar-refractivity contribution in [2.24, 2.45) is 5.41 Å². The molecule has 0 aromatic carbocycles. The molecule has 0 bridgehead atoms. The second kappa shape index (κ2) is 8.79. The number of hydrogen-bond acceptors (Lipinski definition) is 3. The molecule has 6 heteroatoms. The van der Waals surface area contributed by atoms with Crippen LogP contribution in [0.3, 0.4) is 0 Å². The Morgan fingerprint density at radius 3 is 2.45 bits per heavy atom. The average molecular weight is 286 g/mol. The van der Waals surface area contributed by atoms with Gasteiger partial charge in [0.15, 0.2) is 0 Å². The van der Waals surface area contributed by atoms with E-state index in [9.17, 15) is 14.7 Å². The summed E-state index contributed by atoms with van der Waals surface area (Å²) in [5.41, 5.74) is -0.754. The van der Waals surface area contributed by atoms with E-state index in [1.807, 2.05) is 0 Å². The molecule has 1 rings (SSSR count). The van der Waals surface area contributed by atoms with Crippen LogP contribution in [0.1, 0.15) is 44.9 Å². The van der Waals surface area contributed by atoms with Gasteiger partial charge in [0.2, 0.25) is 0 Å². The minimum Gasteiger partial charge on any atom is -0.481 e. The summed E-state index contributed by atoms with van der Waals surface area (Å²) in [6, 6.07) is -0.274. The predicted octanol–water partition coefficient (Wildman–Crippen LogP) is 1.75. The molecule has 6 nitrogen and oxygen atoms in total. The first kappa shape index (κ1) is 16.8. The Kier molecular flexibility index (Phi) is 7.36. The molecule has 3 N–H and O–H groups in total. The van der Waals surface area contributed by atoms with Crippen molar-refractivity contribution >= 4 is 12.0 Å². The molecule has 116 valence electrons. The lowest BCUT2D eigenvalue weighted by Gasteiger charge is -2.24. The van der Waals surface area contributed by atoms with Crippen molar-refractivity contribution in [1.29, 1.82) is 0 Å². The van der Waals surface area contributed by atoms with Gasteiger partial charge in [-0.2, -0.15) is 0 Å². The highest BCUT2D eigenvalue weighted by Crippen LogP contribution is 2.37. The molecule has 0 saturated heterocycles. The van der Waals surface area contributed by atoms with Crippen LogP contribution in [0, 0.1) is 5.41 Å². The van der Waals surface area contributed by atoms with E-state index in [1.165, 1.54) is 0 Å². The Balaban J connectivity index is 2.14. The number of methoxy groups -OCH3 is 1. The summed E-state index contributed by atoms with van der Waals surface area (Å²) in [5.74, 6) is -0.796. The van der Waals surface area contributed by atoms with Crippen molar-refractivity contribution in [3.8, 4) is 0 Å². The number of rotatable bonds is 9. The standard InChI is InChI=1S/C14H26N2O4/c1-20-10-6-2-5-9-15-13(19)16-11-14(12(17)18)7-3-4-8-14/h2-11H2,1H3,(H,17,18)(H2,15,16,19). The lowest BCUT2D eigenvalue weighted by atomic mass is 9.86. The van der Waals surface area contributed by atoms with E-state index in [0.717, 1.165) is 38.7 Å². The molecule has 0 heterocycles. The minimum absolute atomic E-state index is 0.220. The maximum absolute atomic E-state index is 11.6. The molecule has 0 radical (unpaired) electrons. The van der Waals surface area contributed by atoms with Gasteiger partial charge < -0.3 is 20.5 Å². The molecule has 0 spiro atoms. The van der Waals surface area contributed by atoms with Gasteiger partial charge in [-0.15, -0.1) is 0 Å². The summed E-state index contributed by atoms with van der Waals surface area (Å²) < 4.78 is 4.94. The molecular formula is C14H26N2O4. The number of carbonyl (C=O) groups is 2. The van der Waals surface area contributed by atoms with Gasteiger partial charge in [-0.05, 0) is 32.1 Å². The highest BCUT2D eigenvalue weighted by molar-refractivity contribution is 5.78. The van der Waals surface area contributed by atoms with Crippen LogP contribution in [0.15, 0.2) is 0 Å². The lowest BCUT2D eigenvalue weighted by Crippen LogP contribution is -2.45. The van der Waals surface area contributed by atoms with Gasteiger partial charge in [0, 0.05) is 26.8 Å². The van der Waals surface area contributed by atoms with Crippen LogP contribution in [0.5, 0.6) is 0 Å². The van der Waals surface area contributed by atoms with Gasteiger partial charge in [-0.1, -0.05) is 12.8 Å². The SMILES string of the molecule is COCCCCCNC(=O)NCC1(C(=O)O)CCCC1. The van der Waals surface area contributed by atoms with Crippen LogP contribution >= 0.6 is 0 Å². The molecule has 1 aliphatic carbocycles. The fourth-order valence-electron chi connectivity index (χ4n) is 2.58. The van der Waals surface area contributed by atoms with E-state index in [2.05, 4.69) is 10.6 Å². The predicted molar refractivity (Wildman–Crippen MR) is 75.7 cm³/mol. The second-order valence-electron chi connectivity index (χ2n) is 5.46. The Bertz CT molecular complexity index is 314. The van der Waals surface area contributed by atoms with Crippen molar-refractivity contribution in [2.75, 3.05) is 26.8 Å². The number of nitrogens with one attached hydrogen (secondary N) is 2. The van der Waals surface area contributed by atoms with Crippen molar-refractivity contribution in [1.82, 2.24) is 10.6 Å². The first-order chi connectivity index (χ1) is 9.60. The average Bonchev–Trinajstić information content (AvgIpc) is 2.90. The first-order valence-corrected chi connectivity index (χ1v) is 7.35. The normalized spacial score (nSPS) is 16.9. The number of aliphatic carboxylic acids is 1. The maximum atomic E-state index is 11.6. The minimum atomic E-state index is -0.796. The van der Waals surface area contributed by atoms with Gasteiger partial charge in [0.05, 0.1) is 5.41 Å². The van der Waals surface area contributed by atoms with Crippen LogP contribution < -0.4 is 10.6 Å². The molecule has 0 aromatic rings. The van der Waals surface area contributed by atoms with E-state index in [1.54, 1.807) is 7.11 Å². The van der Waals surface area contributed by atoms with E-state index >= 15 is 0 Å². The van der Waals surface area contributed by atoms with E-state index in [4.69, 9.17) is 4.74 Å². The van der Waals surface area contributed by atoms with Crippen LogP contribution in [-0.2, 0) is 9.53 Å². The maximum Gasteiger partial charge on any atom is 0.314 e. The fourth-order valence-corrected chi connectivity index (χ4v) is 2.58. The largest absolute Gasteiger partial charge is 0.481 e. The van der Waals surface area contributed by atoms with Gasteiger partial charge >= 0.3 is 12.0 Å². The fraction of sp³-hybridized carbons (Fsp3) is 0.857. The summed E-state index contributed by atoms with van der Waals surface area (Å²) >= 11 is 0. The van der Waals surface area contributed by atoms with E-state index in [-0.39, 0.29) is 12.6 Å². The first-order valence-electron chi connectivity index (χ1n) is 7.35. The van der Waals surface area contributed by atoms with Crippen LogP contribution in [0.25, 0.3) is 0 Å². The third-order valence-corrected chi connectivity index (χ3v) is 3.91. The number of carboxylic acids is 1. The Morgan fingerprint density at radius 1 is 1.15 bits per heavy atom. The van der Waals surface area contributed by atoms with Gasteiger partial charge in [0.1, 0.15) is 0 Å². The molecular weight excluding hydrogens is 260 g/mol. The Morgan fingerprint density at radius 2 is 1.85 bits per heavy atom. The van der Waals surface area contributed by atoms with Crippen molar-refractivity contribution < 1.29 is 19.4 Å². The van der Waals surface area contributed by atoms with Gasteiger partial charge in [0.25, 0.3) is 0 Å². The molecule has 20 heavy (non-hydrogen) atoms. The number of amides is 2. The summed E-state index contributed by atoms with van der Waals surface area (Å²) in [5, 5.41) is 14.7. The zero-order valence-electron chi connectivity index (χ0n) is 12.2. The zero-order chi connectivity index (χ0) is 14.8. The lowest BCUT2D eigenvalue weighted by molar-refractivity contribution is -0.148. The van der Waals surface area contributed by atoms with Crippen molar-refractivity contribution in [3.05, 3.63) is 0 Å². The third kappa shape index (κ3) is 5.36. The highest BCUT2D eigenvalue weighted by Gasteiger charge is 2.41. The van der Waals surface area contributed by atoms with Crippen LogP contribution in [0.2, 0.25) is 0 Å². The monoisotopic (exact) mass is 286 g/mol. The van der Waals surface area contributed by atoms with Gasteiger partial charge in [-0.3, -0.25) is 4.79 Å². The molecule has 0 atom stereocenters. The van der Waals surface area contributed by atoms with E-state index < -0.39 is 11.4 Å². The van der Waals surface area contributed by atoms with Crippen LogP contribution in [-0.4, -0.2) is 43.9 Å². The van der Waals surface area contributed by atoms with Gasteiger partial charge in [-0.25, -0.2) is 4.79 Å². The number of urea groups is 1. The summed E-state index contributed by atoms with van der Waals surface area (Å²) in [4.78, 5) is 22.9. The number of ether oxygens (including phenoxy) is 1. The summed E-state index contributed by atoms with van der Waals surface area (Å²) in [6.07, 6.45) is 6.05. The second-order valence-corrected chi connectivity index (χ2v) is 5.46. The molecule has 1 fully saturated rings. The zero-order valence-corrected chi connectivity index (χ0v) is 12.2. The number of hydrogen-bond donors (Lipinski definition) is 3. The molecule has 0 aromatic heterocycles. The molecule has 0 aliphatic heterocycles. The van der Waals surface area contributed by atoms with E-state index in [0.29, 0.717) is 19.4 Å². The van der Waals surface area contributed by atoms with Crippen molar-refractivity contribution in [2.45, 2.75) is 44.9 Å². The third-order valence-electron chi connectivity index (χ3n) is 3.91. The Hall–Kier alpha value is -1.30. The number of carbonyl (C=O) groups excluding carboxylic acids is 1. The molecule has 1 saturated carbocycles. The highest BCUT2D eigenvalue weighted by atomic mass is 16.5. The summed E-state index contributed by atoms with van der Waals surface area (Å²) in [6.45, 7) is 1.57. The summed E-state index contributed by atoms with van der Waals surface area (Å²) in [7, 11) is 1.67. The number of carboxylic acid groups (broad SMARTS) is 1. The Labute approximate surface area is 120 Å². The molecule has 2 amide bonds. The van der Waals surface area contributed by atoms with Crippen molar-refractivity contribution in [3.63, 3.8) is 0 Å².